The molecule has 0 aromatic carbocycles. The van der Waals surface area contributed by atoms with E-state index in [4.69, 9.17) is 10.2 Å². The van der Waals surface area contributed by atoms with Crippen molar-refractivity contribution in [3.8, 4) is 0 Å². The molecule has 1 rings (SSSR count). The Labute approximate surface area is 63.4 Å². The summed E-state index contributed by atoms with van der Waals surface area (Å²) in [6, 6.07) is 0. The van der Waals surface area contributed by atoms with Crippen molar-refractivity contribution in [1.82, 2.24) is 0 Å². The molecule has 0 aromatic rings. The van der Waals surface area contributed by atoms with Crippen LogP contribution in [0.4, 0.5) is 0 Å². The molecule has 1 aliphatic carbocycles. The molecule has 0 bridgehead atoms. The second-order valence-corrected chi connectivity index (χ2v) is 2.02. The number of allylic oxidation sites excluding steroid dienone is 1. The molecule has 0 fully saturated rings. The highest BCUT2D eigenvalue weighted by atomic mass is 16.6. The fourth-order valence-corrected chi connectivity index (χ4v) is 0.727. The molecule has 2 N–H and O–H groups in total. The third-order valence-electron chi connectivity index (χ3n) is 1.26. The molecule has 0 aromatic heterocycles. The zero-order valence-electron chi connectivity index (χ0n) is 5.73. The monoisotopic (exact) mass is 156 g/mol. The summed E-state index contributed by atoms with van der Waals surface area (Å²) in [4.78, 5) is 10.6. The first kappa shape index (κ1) is 7.97. The quantitative estimate of drug-likeness (QED) is 0.521. The van der Waals surface area contributed by atoms with Gasteiger partial charge in [0.25, 0.3) is 0 Å². The highest BCUT2D eigenvalue weighted by Gasteiger charge is 2.14. The molecular formula is C7H8O4. The van der Waals surface area contributed by atoms with Gasteiger partial charge in [-0.25, -0.2) is 0 Å². The summed E-state index contributed by atoms with van der Waals surface area (Å²) >= 11 is 0. The number of carbonyl (C=O) groups is 1. The molecule has 0 aliphatic heterocycles. The van der Waals surface area contributed by atoms with E-state index in [0.29, 0.717) is 5.76 Å². The second kappa shape index (κ2) is 3.32. The summed E-state index contributed by atoms with van der Waals surface area (Å²) in [5, 5.41) is 17.2. The molecule has 0 amide bonds. The zero-order chi connectivity index (χ0) is 8.27. The van der Waals surface area contributed by atoms with Crippen LogP contribution in [0.25, 0.3) is 0 Å². The molecule has 1 unspecified atom stereocenters. The van der Waals surface area contributed by atoms with E-state index < -0.39 is 12.9 Å². The predicted molar refractivity (Wildman–Crippen MR) is 36.4 cm³/mol. The Morgan fingerprint density at radius 1 is 1.55 bits per heavy atom. The zero-order valence-corrected chi connectivity index (χ0v) is 5.73. The van der Waals surface area contributed by atoms with Crippen molar-refractivity contribution in [1.29, 1.82) is 0 Å². The van der Waals surface area contributed by atoms with Gasteiger partial charge in [-0.15, -0.1) is 0 Å². The van der Waals surface area contributed by atoms with Crippen molar-refractivity contribution in [2.24, 2.45) is 0 Å². The summed E-state index contributed by atoms with van der Waals surface area (Å²) in [6.07, 6.45) is 2.70. The molecule has 0 radical (unpaired) electrons. The maximum absolute atomic E-state index is 10.6. The van der Waals surface area contributed by atoms with Crippen LogP contribution in [0.15, 0.2) is 24.0 Å². The van der Waals surface area contributed by atoms with Gasteiger partial charge in [-0.2, -0.15) is 0 Å². The highest BCUT2D eigenvalue weighted by molar-refractivity contribution is 5.96. The first-order chi connectivity index (χ1) is 5.24. The van der Waals surface area contributed by atoms with Crippen LogP contribution in [0.3, 0.4) is 0 Å². The van der Waals surface area contributed by atoms with Crippen LogP contribution in [0.2, 0.25) is 0 Å². The van der Waals surface area contributed by atoms with Gasteiger partial charge in [-0.3, -0.25) is 4.79 Å². The van der Waals surface area contributed by atoms with E-state index in [9.17, 15) is 4.79 Å². The van der Waals surface area contributed by atoms with Crippen molar-refractivity contribution in [2.75, 3.05) is 6.79 Å². The van der Waals surface area contributed by atoms with Gasteiger partial charge in [0, 0.05) is 0 Å². The van der Waals surface area contributed by atoms with Gasteiger partial charge in [0.1, 0.15) is 11.9 Å². The summed E-state index contributed by atoms with van der Waals surface area (Å²) in [5.74, 6) is -0.0742. The molecule has 0 saturated carbocycles. The molecule has 60 valence electrons. The molecule has 0 saturated heterocycles. The lowest BCUT2D eigenvalue weighted by atomic mass is 10.1. The molecule has 1 atom stereocenters. The van der Waals surface area contributed by atoms with E-state index in [2.05, 4.69) is 4.74 Å². The van der Waals surface area contributed by atoms with Crippen LogP contribution in [-0.2, 0) is 9.53 Å². The van der Waals surface area contributed by atoms with E-state index in [1.807, 2.05) is 0 Å². The summed E-state index contributed by atoms with van der Waals surface area (Å²) in [7, 11) is 0. The third-order valence-corrected chi connectivity index (χ3v) is 1.26. The Morgan fingerprint density at radius 3 is 2.82 bits per heavy atom. The van der Waals surface area contributed by atoms with Crippen LogP contribution in [-0.4, -0.2) is 28.9 Å². The average Bonchev–Trinajstić information content (AvgIpc) is 1.98. The van der Waals surface area contributed by atoms with Crippen molar-refractivity contribution < 1.29 is 19.7 Å². The Morgan fingerprint density at radius 2 is 2.27 bits per heavy atom. The minimum atomic E-state index is -1.14. The molecule has 0 heterocycles. The van der Waals surface area contributed by atoms with Crippen molar-refractivity contribution in [3.05, 3.63) is 24.0 Å². The van der Waals surface area contributed by atoms with Gasteiger partial charge in [0.15, 0.2) is 12.6 Å². The Kier molecular flexibility index (Phi) is 2.40. The third kappa shape index (κ3) is 1.89. The van der Waals surface area contributed by atoms with E-state index in [1.165, 1.54) is 18.2 Å². The van der Waals surface area contributed by atoms with Gasteiger partial charge < -0.3 is 14.9 Å². The molecule has 0 spiro atoms. The van der Waals surface area contributed by atoms with Gasteiger partial charge in [-0.1, -0.05) is 0 Å². The second-order valence-electron chi connectivity index (χ2n) is 2.02. The molecule has 1 aliphatic rings. The number of ketones is 1. The van der Waals surface area contributed by atoms with Gasteiger partial charge >= 0.3 is 0 Å². The normalized spacial score (nSPS) is 23.3. The number of carbonyl (C=O) groups excluding carboxylic acids is 1. The predicted octanol–water partition coefficient (Wildman–Crippen LogP) is -0.663. The molecule has 4 nitrogen and oxygen atoms in total. The van der Waals surface area contributed by atoms with Crippen molar-refractivity contribution in [3.63, 3.8) is 0 Å². The van der Waals surface area contributed by atoms with Crippen LogP contribution in [0.5, 0.6) is 0 Å². The van der Waals surface area contributed by atoms with E-state index in [-0.39, 0.29) is 5.78 Å². The number of hydrogen-bond acceptors (Lipinski definition) is 4. The Hall–Kier alpha value is -1.13. The topological polar surface area (TPSA) is 66.8 Å². The highest BCUT2D eigenvalue weighted by Crippen LogP contribution is 2.08. The van der Waals surface area contributed by atoms with Crippen LogP contribution >= 0.6 is 0 Å². The molecular weight excluding hydrogens is 148 g/mol. The summed E-state index contributed by atoms with van der Waals surface area (Å²) in [6.45, 7) is -0.461. The van der Waals surface area contributed by atoms with Crippen molar-refractivity contribution in [2.45, 2.75) is 6.10 Å². The van der Waals surface area contributed by atoms with E-state index >= 15 is 0 Å². The molecule has 11 heavy (non-hydrogen) atoms. The van der Waals surface area contributed by atoms with E-state index in [1.54, 1.807) is 0 Å². The van der Waals surface area contributed by atoms with Crippen LogP contribution in [0.1, 0.15) is 0 Å². The fraction of sp³-hybridized carbons (Fsp3) is 0.286. The molecule has 4 heteroatoms. The minimum Gasteiger partial charge on any atom is -0.468 e. The lowest BCUT2D eigenvalue weighted by Gasteiger charge is -2.09. The first-order valence-corrected chi connectivity index (χ1v) is 3.09. The summed E-state index contributed by atoms with van der Waals surface area (Å²) in [5.41, 5.74) is 0. The number of ether oxygens (including phenoxy) is 1. The summed E-state index contributed by atoms with van der Waals surface area (Å²) < 4.78 is 4.62. The van der Waals surface area contributed by atoms with Crippen LogP contribution < -0.4 is 0 Å². The fourth-order valence-electron chi connectivity index (χ4n) is 0.727. The number of hydrogen-bond donors (Lipinski definition) is 2. The largest absolute Gasteiger partial charge is 0.468 e. The SMILES string of the molecule is O=C1C=CC(OCO)=CC1O. The lowest BCUT2D eigenvalue weighted by molar-refractivity contribution is -0.120. The van der Waals surface area contributed by atoms with E-state index in [0.717, 1.165) is 0 Å². The Bertz CT molecular complexity index is 216. The maximum atomic E-state index is 10.6. The standard InChI is InChI=1S/C7H8O4/c8-4-11-5-1-2-6(9)7(10)3-5/h1-3,7-8,10H,4H2. The maximum Gasteiger partial charge on any atom is 0.188 e. The van der Waals surface area contributed by atoms with Crippen LogP contribution in [0, 0.1) is 0 Å². The first-order valence-electron chi connectivity index (χ1n) is 3.09. The van der Waals surface area contributed by atoms with Gasteiger partial charge in [0.2, 0.25) is 0 Å². The smallest absolute Gasteiger partial charge is 0.188 e. The van der Waals surface area contributed by atoms with Crippen molar-refractivity contribution >= 4 is 5.78 Å². The minimum absolute atomic E-state index is 0.305. The number of aliphatic hydroxyl groups is 2. The average molecular weight is 156 g/mol. The lowest BCUT2D eigenvalue weighted by Crippen LogP contribution is -2.19. The number of rotatable bonds is 2. The number of aliphatic hydroxyl groups excluding tert-OH is 2. The Balaban J connectivity index is 2.64. The van der Waals surface area contributed by atoms with Gasteiger partial charge in [0.05, 0.1) is 0 Å². The van der Waals surface area contributed by atoms with Gasteiger partial charge in [-0.05, 0) is 18.2 Å².